The van der Waals surface area contributed by atoms with E-state index in [1.54, 1.807) is 36.4 Å². The molecule has 20 heavy (non-hydrogen) atoms. The Labute approximate surface area is 116 Å². The van der Waals surface area contributed by atoms with Crippen LogP contribution >= 0.6 is 0 Å². The van der Waals surface area contributed by atoms with Crippen LogP contribution in [0.3, 0.4) is 0 Å². The van der Waals surface area contributed by atoms with Gasteiger partial charge in [0.1, 0.15) is 12.4 Å². The van der Waals surface area contributed by atoms with Crippen molar-refractivity contribution >= 4 is 11.9 Å². The lowest BCUT2D eigenvalue weighted by molar-refractivity contribution is 0.100. The van der Waals surface area contributed by atoms with Crippen molar-refractivity contribution in [2.75, 3.05) is 6.61 Å². The summed E-state index contributed by atoms with van der Waals surface area (Å²) in [6, 6.07) is 16.4. The molecule has 0 N–H and O–H groups in total. The molecule has 0 spiro atoms. The first-order valence-corrected chi connectivity index (χ1v) is 6.25. The molecule has 1 aliphatic heterocycles. The average molecular weight is 261 g/mol. The summed E-state index contributed by atoms with van der Waals surface area (Å²) in [6.45, 7) is 0.257. The SMILES string of the molecule is N#Cc1cccc(/C=C2/COc3ccccc3C2=O)c1. The molecule has 0 bridgehead atoms. The maximum Gasteiger partial charge on any atom is 0.196 e. The molecule has 96 valence electrons. The quantitative estimate of drug-likeness (QED) is 0.740. The summed E-state index contributed by atoms with van der Waals surface area (Å²) in [5.41, 5.74) is 2.58. The second-order valence-electron chi connectivity index (χ2n) is 4.52. The predicted molar refractivity (Wildman–Crippen MR) is 75.4 cm³/mol. The van der Waals surface area contributed by atoms with Gasteiger partial charge in [-0.2, -0.15) is 5.26 Å². The van der Waals surface area contributed by atoms with Crippen molar-refractivity contribution in [1.29, 1.82) is 5.26 Å². The lowest BCUT2D eigenvalue weighted by atomic mass is 9.98. The van der Waals surface area contributed by atoms with Crippen LogP contribution in [0, 0.1) is 11.3 Å². The van der Waals surface area contributed by atoms with Gasteiger partial charge in [0.2, 0.25) is 0 Å². The molecule has 1 heterocycles. The molecule has 0 atom stereocenters. The van der Waals surface area contributed by atoms with E-state index in [0.29, 0.717) is 22.4 Å². The Morgan fingerprint density at radius 1 is 1.15 bits per heavy atom. The van der Waals surface area contributed by atoms with Gasteiger partial charge in [-0.05, 0) is 35.9 Å². The highest BCUT2D eigenvalue weighted by atomic mass is 16.5. The van der Waals surface area contributed by atoms with Crippen LogP contribution < -0.4 is 4.74 Å². The van der Waals surface area contributed by atoms with E-state index in [-0.39, 0.29) is 12.4 Å². The lowest BCUT2D eigenvalue weighted by Gasteiger charge is -2.18. The van der Waals surface area contributed by atoms with Crippen molar-refractivity contribution in [2.24, 2.45) is 0 Å². The second-order valence-corrected chi connectivity index (χ2v) is 4.52. The topological polar surface area (TPSA) is 50.1 Å². The van der Waals surface area contributed by atoms with Crippen molar-refractivity contribution in [3.05, 3.63) is 70.8 Å². The van der Waals surface area contributed by atoms with Crippen LogP contribution in [0.5, 0.6) is 5.75 Å². The first-order chi connectivity index (χ1) is 9.78. The number of hydrogen-bond donors (Lipinski definition) is 0. The molecule has 0 saturated heterocycles. The Balaban J connectivity index is 1.98. The van der Waals surface area contributed by atoms with E-state index in [1.165, 1.54) is 0 Å². The van der Waals surface area contributed by atoms with Crippen molar-refractivity contribution in [2.45, 2.75) is 0 Å². The van der Waals surface area contributed by atoms with Gasteiger partial charge in [-0.1, -0.05) is 24.3 Å². The van der Waals surface area contributed by atoms with Crippen molar-refractivity contribution in [3.63, 3.8) is 0 Å². The zero-order valence-electron chi connectivity index (χ0n) is 10.7. The van der Waals surface area contributed by atoms with Crippen molar-refractivity contribution in [1.82, 2.24) is 0 Å². The Kier molecular flexibility index (Phi) is 3.06. The minimum Gasteiger partial charge on any atom is -0.488 e. The van der Waals surface area contributed by atoms with Crippen LogP contribution in [0.25, 0.3) is 6.08 Å². The molecule has 1 aliphatic rings. The Morgan fingerprint density at radius 3 is 2.85 bits per heavy atom. The third kappa shape index (κ3) is 2.19. The summed E-state index contributed by atoms with van der Waals surface area (Å²) in [7, 11) is 0. The molecule has 2 aromatic carbocycles. The molecule has 0 radical (unpaired) electrons. The number of fused-ring (bicyclic) bond motifs is 1. The largest absolute Gasteiger partial charge is 0.488 e. The number of hydrogen-bond acceptors (Lipinski definition) is 3. The van der Waals surface area contributed by atoms with Crippen LogP contribution in [-0.2, 0) is 0 Å². The molecule has 2 aromatic rings. The van der Waals surface area contributed by atoms with Crippen LogP contribution in [0.15, 0.2) is 54.1 Å². The number of rotatable bonds is 1. The normalized spacial score (nSPS) is 15.3. The molecule has 0 unspecified atom stereocenters. The molecule has 0 fully saturated rings. The van der Waals surface area contributed by atoms with Gasteiger partial charge in [0.25, 0.3) is 0 Å². The predicted octanol–water partition coefficient (Wildman–Crippen LogP) is 3.22. The van der Waals surface area contributed by atoms with Crippen LogP contribution in [-0.4, -0.2) is 12.4 Å². The van der Waals surface area contributed by atoms with E-state index < -0.39 is 0 Å². The van der Waals surface area contributed by atoms with E-state index >= 15 is 0 Å². The molecule has 0 aliphatic carbocycles. The Hall–Kier alpha value is -2.86. The maximum atomic E-state index is 12.4. The summed E-state index contributed by atoms with van der Waals surface area (Å²) in [4.78, 5) is 12.4. The molecule has 3 heteroatoms. The highest BCUT2D eigenvalue weighted by molar-refractivity contribution is 6.14. The van der Waals surface area contributed by atoms with Crippen LogP contribution in [0.4, 0.5) is 0 Å². The molecular formula is C17H11NO2. The van der Waals surface area contributed by atoms with Gasteiger partial charge in [0.05, 0.1) is 17.2 Å². The van der Waals surface area contributed by atoms with Gasteiger partial charge in [0.15, 0.2) is 5.78 Å². The zero-order valence-corrected chi connectivity index (χ0v) is 10.7. The number of ketones is 1. The highest BCUT2D eigenvalue weighted by Gasteiger charge is 2.22. The molecule has 3 rings (SSSR count). The third-order valence-corrected chi connectivity index (χ3v) is 3.16. The van der Waals surface area contributed by atoms with E-state index in [4.69, 9.17) is 10.00 Å². The van der Waals surface area contributed by atoms with Gasteiger partial charge in [-0.25, -0.2) is 0 Å². The number of benzene rings is 2. The second kappa shape index (κ2) is 5.02. The van der Waals surface area contributed by atoms with E-state index in [1.807, 2.05) is 18.2 Å². The van der Waals surface area contributed by atoms with Crippen LogP contribution in [0.2, 0.25) is 0 Å². The van der Waals surface area contributed by atoms with E-state index in [2.05, 4.69) is 6.07 Å². The Bertz CT molecular complexity index is 754. The number of carbonyl (C=O) groups is 1. The highest BCUT2D eigenvalue weighted by Crippen LogP contribution is 2.27. The fourth-order valence-electron chi connectivity index (χ4n) is 2.18. The van der Waals surface area contributed by atoms with E-state index in [0.717, 1.165) is 5.56 Å². The number of Topliss-reactive ketones (excluding diaryl/α,β-unsaturated/α-hetero) is 1. The van der Waals surface area contributed by atoms with E-state index in [9.17, 15) is 4.79 Å². The molecule has 3 nitrogen and oxygen atoms in total. The summed E-state index contributed by atoms with van der Waals surface area (Å²) < 4.78 is 5.58. The summed E-state index contributed by atoms with van der Waals surface area (Å²) in [5, 5.41) is 8.89. The van der Waals surface area contributed by atoms with Gasteiger partial charge < -0.3 is 4.74 Å². The maximum absolute atomic E-state index is 12.4. The fourth-order valence-corrected chi connectivity index (χ4v) is 2.18. The first-order valence-electron chi connectivity index (χ1n) is 6.25. The molecular weight excluding hydrogens is 250 g/mol. The number of para-hydroxylation sites is 1. The summed E-state index contributed by atoms with van der Waals surface area (Å²) >= 11 is 0. The summed E-state index contributed by atoms with van der Waals surface area (Å²) in [5.74, 6) is 0.606. The van der Waals surface area contributed by atoms with Gasteiger partial charge in [-0.3, -0.25) is 4.79 Å². The molecule has 0 saturated carbocycles. The monoisotopic (exact) mass is 261 g/mol. The number of nitriles is 1. The molecule has 0 amide bonds. The number of ether oxygens (including phenoxy) is 1. The first kappa shape index (κ1) is 12.2. The molecule has 0 aromatic heterocycles. The number of nitrogens with zero attached hydrogens (tertiary/aromatic N) is 1. The van der Waals surface area contributed by atoms with Gasteiger partial charge in [-0.15, -0.1) is 0 Å². The van der Waals surface area contributed by atoms with Crippen molar-refractivity contribution in [3.8, 4) is 11.8 Å². The minimum atomic E-state index is -0.0192. The lowest BCUT2D eigenvalue weighted by Crippen LogP contribution is -2.18. The van der Waals surface area contributed by atoms with Gasteiger partial charge >= 0.3 is 0 Å². The zero-order chi connectivity index (χ0) is 13.9. The third-order valence-electron chi connectivity index (χ3n) is 3.16. The fraction of sp³-hybridized carbons (Fsp3) is 0.0588. The smallest absolute Gasteiger partial charge is 0.196 e. The minimum absolute atomic E-state index is 0.0192. The van der Waals surface area contributed by atoms with Crippen molar-refractivity contribution < 1.29 is 9.53 Å². The Morgan fingerprint density at radius 2 is 2.00 bits per heavy atom. The standard InChI is InChI=1S/C17H11NO2/c18-10-13-5-3-4-12(8-13)9-14-11-20-16-7-2-1-6-15(16)17(14)19/h1-9H,11H2/b14-9-. The summed E-state index contributed by atoms with van der Waals surface area (Å²) in [6.07, 6.45) is 1.78. The average Bonchev–Trinajstić information content (AvgIpc) is 2.50. The van der Waals surface area contributed by atoms with Gasteiger partial charge in [0, 0.05) is 5.57 Å². The number of carbonyl (C=O) groups excluding carboxylic acids is 1. The van der Waals surface area contributed by atoms with Crippen LogP contribution in [0.1, 0.15) is 21.5 Å².